The van der Waals surface area contributed by atoms with Gasteiger partial charge < -0.3 is 4.90 Å². The van der Waals surface area contributed by atoms with Crippen molar-refractivity contribution in [2.45, 2.75) is 19.8 Å². The molecule has 4 heteroatoms. The lowest BCUT2D eigenvalue weighted by atomic mass is 10.0. The summed E-state index contributed by atoms with van der Waals surface area (Å²) in [4.78, 5) is 18.8. The first kappa shape index (κ1) is 11.3. The molecule has 3 rings (SSSR count). The second kappa shape index (κ2) is 4.44. The van der Waals surface area contributed by atoms with Crippen molar-refractivity contribution in [2.24, 2.45) is 5.92 Å². The maximum atomic E-state index is 12.0. The third-order valence-corrected chi connectivity index (χ3v) is 3.54. The standard InChI is InChI=1S/C14H17N3O/c1-11-5-4-7-16(10-11)13-9-14(18)17-8-3-2-6-12(17)15-13/h2-3,6,8-9,11H,4-5,7,10H2,1H3/t11-/m0/s1. The molecule has 1 saturated heterocycles. The van der Waals surface area contributed by atoms with Gasteiger partial charge in [-0.1, -0.05) is 13.0 Å². The number of aromatic nitrogens is 2. The molecule has 1 aliphatic rings. The number of piperidine rings is 1. The lowest BCUT2D eigenvalue weighted by Gasteiger charge is -2.31. The van der Waals surface area contributed by atoms with Crippen molar-refractivity contribution in [1.82, 2.24) is 9.38 Å². The minimum atomic E-state index is -0.00572. The van der Waals surface area contributed by atoms with Crippen LogP contribution in [-0.4, -0.2) is 22.5 Å². The van der Waals surface area contributed by atoms with Gasteiger partial charge in [0.1, 0.15) is 11.5 Å². The fraction of sp³-hybridized carbons (Fsp3) is 0.429. The van der Waals surface area contributed by atoms with E-state index in [4.69, 9.17) is 0 Å². The van der Waals surface area contributed by atoms with E-state index in [1.165, 1.54) is 12.8 Å². The Kier molecular flexibility index (Phi) is 2.78. The summed E-state index contributed by atoms with van der Waals surface area (Å²) >= 11 is 0. The topological polar surface area (TPSA) is 37.6 Å². The fourth-order valence-corrected chi connectivity index (χ4v) is 2.60. The smallest absolute Gasteiger partial charge is 0.259 e. The van der Waals surface area contributed by atoms with Crippen molar-refractivity contribution in [2.75, 3.05) is 18.0 Å². The molecule has 1 atom stereocenters. The summed E-state index contributed by atoms with van der Waals surface area (Å²) in [5.41, 5.74) is 0.715. The van der Waals surface area contributed by atoms with Crippen LogP contribution in [0.5, 0.6) is 0 Å². The number of hydrogen-bond acceptors (Lipinski definition) is 3. The molecule has 1 fully saturated rings. The lowest BCUT2D eigenvalue weighted by Crippen LogP contribution is -2.35. The molecular formula is C14H17N3O. The first-order chi connectivity index (χ1) is 8.74. The van der Waals surface area contributed by atoms with Crippen LogP contribution in [0.4, 0.5) is 5.82 Å². The van der Waals surface area contributed by atoms with Crippen molar-refractivity contribution in [3.05, 3.63) is 40.8 Å². The van der Waals surface area contributed by atoms with Gasteiger partial charge in [0, 0.05) is 25.4 Å². The Morgan fingerprint density at radius 3 is 3.11 bits per heavy atom. The molecule has 0 saturated carbocycles. The van der Waals surface area contributed by atoms with Crippen LogP contribution in [0, 0.1) is 5.92 Å². The normalized spacial score (nSPS) is 20.3. The molecule has 0 bridgehead atoms. The third-order valence-electron chi connectivity index (χ3n) is 3.54. The van der Waals surface area contributed by atoms with Crippen molar-refractivity contribution in [1.29, 1.82) is 0 Å². The van der Waals surface area contributed by atoms with E-state index in [-0.39, 0.29) is 5.56 Å². The van der Waals surface area contributed by atoms with Crippen LogP contribution in [0.3, 0.4) is 0 Å². The van der Waals surface area contributed by atoms with Crippen LogP contribution < -0.4 is 10.5 Å². The van der Waals surface area contributed by atoms with Gasteiger partial charge in [-0.25, -0.2) is 4.98 Å². The van der Waals surface area contributed by atoms with Gasteiger partial charge in [-0.15, -0.1) is 0 Å². The summed E-state index contributed by atoms with van der Waals surface area (Å²) in [7, 11) is 0. The first-order valence-corrected chi connectivity index (χ1v) is 6.47. The number of hydrogen-bond donors (Lipinski definition) is 0. The number of nitrogens with zero attached hydrogens (tertiary/aromatic N) is 3. The van der Waals surface area contributed by atoms with Crippen LogP contribution in [-0.2, 0) is 0 Å². The van der Waals surface area contributed by atoms with Crippen molar-refractivity contribution in [3.8, 4) is 0 Å². The summed E-state index contributed by atoms with van der Waals surface area (Å²) in [6.45, 7) is 4.25. The molecule has 1 aliphatic heterocycles. The maximum absolute atomic E-state index is 12.0. The molecule has 94 valence electrons. The van der Waals surface area contributed by atoms with Gasteiger partial charge in [-0.3, -0.25) is 9.20 Å². The summed E-state index contributed by atoms with van der Waals surface area (Å²) in [6.07, 6.45) is 4.20. The van der Waals surface area contributed by atoms with E-state index in [9.17, 15) is 4.79 Å². The molecule has 0 radical (unpaired) electrons. The van der Waals surface area contributed by atoms with Gasteiger partial charge in [0.25, 0.3) is 5.56 Å². The van der Waals surface area contributed by atoms with Gasteiger partial charge >= 0.3 is 0 Å². The molecule has 0 amide bonds. The van der Waals surface area contributed by atoms with Gasteiger partial charge in [0.2, 0.25) is 0 Å². The molecule has 0 N–H and O–H groups in total. The molecule has 2 aromatic rings. The highest BCUT2D eigenvalue weighted by Gasteiger charge is 2.18. The van der Waals surface area contributed by atoms with Crippen molar-refractivity contribution >= 4 is 11.5 Å². The van der Waals surface area contributed by atoms with E-state index in [1.807, 2.05) is 18.2 Å². The second-order valence-corrected chi connectivity index (χ2v) is 5.07. The number of pyridine rings is 1. The lowest BCUT2D eigenvalue weighted by molar-refractivity contribution is 0.444. The monoisotopic (exact) mass is 243 g/mol. The average Bonchev–Trinajstić information content (AvgIpc) is 2.39. The number of fused-ring (bicyclic) bond motifs is 1. The Labute approximate surface area is 106 Å². The Bertz CT molecular complexity index is 620. The second-order valence-electron chi connectivity index (χ2n) is 5.07. The summed E-state index contributed by atoms with van der Waals surface area (Å²) < 4.78 is 1.58. The molecule has 4 nitrogen and oxygen atoms in total. The Hall–Kier alpha value is -1.84. The van der Waals surface area contributed by atoms with Crippen LogP contribution in [0.1, 0.15) is 19.8 Å². The third kappa shape index (κ3) is 1.98. The predicted molar refractivity (Wildman–Crippen MR) is 72.1 cm³/mol. The quantitative estimate of drug-likeness (QED) is 0.768. The fourth-order valence-electron chi connectivity index (χ4n) is 2.60. The van der Waals surface area contributed by atoms with Gasteiger partial charge in [0.05, 0.1) is 0 Å². The maximum Gasteiger partial charge on any atom is 0.259 e. The molecule has 3 heterocycles. The highest BCUT2D eigenvalue weighted by Crippen LogP contribution is 2.20. The zero-order chi connectivity index (χ0) is 12.5. The Morgan fingerprint density at radius 2 is 2.28 bits per heavy atom. The SMILES string of the molecule is C[C@H]1CCCN(c2cc(=O)n3ccccc3n2)C1. The van der Waals surface area contributed by atoms with E-state index in [1.54, 1.807) is 16.7 Å². The molecular weight excluding hydrogens is 226 g/mol. The molecule has 0 aromatic carbocycles. The van der Waals surface area contributed by atoms with E-state index in [0.717, 1.165) is 24.6 Å². The number of anilines is 1. The van der Waals surface area contributed by atoms with E-state index < -0.39 is 0 Å². The van der Waals surface area contributed by atoms with Gasteiger partial charge in [-0.05, 0) is 30.9 Å². The first-order valence-electron chi connectivity index (χ1n) is 6.47. The van der Waals surface area contributed by atoms with E-state index in [0.29, 0.717) is 5.92 Å². The van der Waals surface area contributed by atoms with Crippen LogP contribution in [0.15, 0.2) is 35.3 Å². The highest BCUT2D eigenvalue weighted by molar-refractivity contribution is 5.48. The van der Waals surface area contributed by atoms with Crippen LogP contribution >= 0.6 is 0 Å². The highest BCUT2D eigenvalue weighted by atomic mass is 16.1. The Balaban J connectivity index is 2.04. The molecule has 0 unspecified atom stereocenters. The zero-order valence-corrected chi connectivity index (χ0v) is 10.5. The minimum absolute atomic E-state index is 0.00572. The average molecular weight is 243 g/mol. The van der Waals surface area contributed by atoms with Gasteiger partial charge in [-0.2, -0.15) is 0 Å². The molecule has 0 aliphatic carbocycles. The van der Waals surface area contributed by atoms with Crippen LogP contribution in [0.25, 0.3) is 5.65 Å². The Morgan fingerprint density at radius 1 is 1.39 bits per heavy atom. The van der Waals surface area contributed by atoms with Crippen LogP contribution in [0.2, 0.25) is 0 Å². The predicted octanol–water partition coefficient (Wildman–Crippen LogP) is 1.93. The summed E-state index contributed by atoms with van der Waals surface area (Å²) in [5.74, 6) is 1.49. The van der Waals surface area contributed by atoms with Crippen molar-refractivity contribution < 1.29 is 0 Å². The largest absolute Gasteiger partial charge is 0.356 e. The molecule has 0 spiro atoms. The minimum Gasteiger partial charge on any atom is -0.356 e. The van der Waals surface area contributed by atoms with E-state index in [2.05, 4.69) is 16.8 Å². The van der Waals surface area contributed by atoms with Crippen molar-refractivity contribution in [3.63, 3.8) is 0 Å². The molecule has 2 aromatic heterocycles. The summed E-state index contributed by atoms with van der Waals surface area (Å²) in [6, 6.07) is 7.27. The van der Waals surface area contributed by atoms with E-state index >= 15 is 0 Å². The number of rotatable bonds is 1. The zero-order valence-electron chi connectivity index (χ0n) is 10.5. The molecule has 18 heavy (non-hydrogen) atoms. The van der Waals surface area contributed by atoms with Gasteiger partial charge in [0.15, 0.2) is 0 Å². The summed E-state index contributed by atoms with van der Waals surface area (Å²) in [5, 5.41) is 0.